The van der Waals surface area contributed by atoms with E-state index in [4.69, 9.17) is 9.47 Å². The molecule has 11 heteroatoms. The van der Waals surface area contributed by atoms with Gasteiger partial charge in [0.25, 0.3) is 0 Å². The lowest BCUT2D eigenvalue weighted by Gasteiger charge is -2.35. The van der Waals surface area contributed by atoms with Crippen molar-refractivity contribution in [2.75, 3.05) is 45.9 Å². The molecule has 5 rings (SSSR count). The molecule has 2 atom stereocenters. The summed E-state index contributed by atoms with van der Waals surface area (Å²) in [5.41, 5.74) is 3.79. The maximum absolute atomic E-state index is 13.2. The van der Waals surface area contributed by atoms with E-state index < -0.39 is 29.7 Å². The smallest absolute Gasteiger partial charge is 0.410 e. The molecule has 0 unspecified atom stereocenters. The molecule has 0 saturated carbocycles. The van der Waals surface area contributed by atoms with Crippen LogP contribution in [0.15, 0.2) is 48.5 Å². The highest BCUT2D eigenvalue weighted by molar-refractivity contribution is 5.82. The minimum Gasteiger partial charge on any atom is -0.480 e. The molecule has 2 aromatic carbocycles. The summed E-state index contributed by atoms with van der Waals surface area (Å²) in [7, 11) is 0. The van der Waals surface area contributed by atoms with E-state index in [0.29, 0.717) is 26.2 Å². The second-order valence-corrected chi connectivity index (χ2v) is 12.0. The molecular formula is C31H38N4O7. The summed E-state index contributed by atoms with van der Waals surface area (Å²) in [5.74, 6) is -1.59. The number of urea groups is 1. The Hall–Kier alpha value is -4.12. The fraction of sp³-hybridized carbons (Fsp3) is 0.484. The summed E-state index contributed by atoms with van der Waals surface area (Å²) in [6, 6.07) is 14.0. The first-order valence-electron chi connectivity index (χ1n) is 14.3. The van der Waals surface area contributed by atoms with Crippen molar-refractivity contribution in [2.45, 2.75) is 50.8 Å². The van der Waals surface area contributed by atoms with Crippen molar-refractivity contribution in [1.29, 1.82) is 0 Å². The lowest BCUT2D eigenvalue weighted by atomic mass is 9.98. The van der Waals surface area contributed by atoms with E-state index in [1.165, 1.54) is 4.90 Å². The lowest BCUT2D eigenvalue weighted by molar-refractivity contribution is -0.156. The maximum atomic E-state index is 13.2. The van der Waals surface area contributed by atoms with E-state index in [1.807, 2.05) is 74.2 Å². The Kier molecular flexibility index (Phi) is 8.40. The third-order valence-electron chi connectivity index (χ3n) is 7.92. The summed E-state index contributed by atoms with van der Waals surface area (Å²) < 4.78 is 11.1. The summed E-state index contributed by atoms with van der Waals surface area (Å²) in [6.07, 6.45) is -0.624. The summed E-state index contributed by atoms with van der Waals surface area (Å²) >= 11 is 0. The number of nitrogens with zero attached hydrogens (tertiary/aromatic N) is 3. The molecule has 3 amide bonds. The van der Waals surface area contributed by atoms with Gasteiger partial charge in [0.1, 0.15) is 18.2 Å². The van der Waals surface area contributed by atoms with Crippen LogP contribution >= 0.6 is 0 Å². The van der Waals surface area contributed by atoms with Crippen LogP contribution in [0, 0.1) is 0 Å². The Morgan fingerprint density at radius 3 is 2.10 bits per heavy atom. The van der Waals surface area contributed by atoms with Gasteiger partial charge in [-0.05, 0) is 43.0 Å². The summed E-state index contributed by atoms with van der Waals surface area (Å²) in [4.78, 5) is 55.1. The molecule has 2 aromatic rings. The molecule has 0 aromatic heterocycles. The molecule has 224 valence electrons. The van der Waals surface area contributed by atoms with Crippen LogP contribution in [0.25, 0.3) is 11.1 Å². The first-order valence-corrected chi connectivity index (χ1v) is 14.3. The Balaban J connectivity index is 1.14. The van der Waals surface area contributed by atoms with E-state index in [2.05, 4.69) is 5.32 Å². The van der Waals surface area contributed by atoms with Gasteiger partial charge in [-0.15, -0.1) is 0 Å². The first-order chi connectivity index (χ1) is 20.0. The van der Waals surface area contributed by atoms with Crippen LogP contribution in [-0.4, -0.2) is 107 Å². The molecule has 2 saturated heterocycles. The number of benzene rings is 2. The molecule has 1 aliphatic carbocycles. The number of aliphatic carboxylic acids is 1. The van der Waals surface area contributed by atoms with Crippen LogP contribution in [0.1, 0.15) is 44.2 Å². The number of nitrogens with one attached hydrogen (secondary N) is 1. The fourth-order valence-electron chi connectivity index (χ4n) is 5.98. The number of carbonyl (C=O) groups is 4. The molecule has 11 nitrogen and oxygen atoms in total. The predicted octanol–water partition coefficient (Wildman–Crippen LogP) is 3.13. The second-order valence-electron chi connectivity index (χ2n) is 12.0. The predicted molar refractivity (Wildman–Crippen MR) is 154 cm³/mol. The Bertz CT molecular complexity index is 1300. The second kappa shape index (κ2) is 12.0. The molecule has 42 heavy (non-hydrogen) atoms. The average Bonchev–Trinajstić information content (AvgIpc) is 3.51. The van der Waals surface area contributed by atoms with Crippen LogP contribution in [0.5, 0.6) is 0 Å². The number of likely N-dealkylation sites (tertiary alicyclic amines) is 1. The third kappa shape index (κ3) is 6.51. The fourth-order valence-corrected chi connectivity index (χ4v) is 5.98. The minimum absolute atomic E-state index is 0.0397. The highest BCUT2D eigenvalue weighted by Gasteiger charge is 2.42. The number of piperazine rings is 1. The first kappa shape index (κ1) is 29.4. The largest absolute Gasteiger partial charge is 0.480 e. The number of rotatable bonds is 6. The number of amides is 3. The maximum Gasteiger partial charge on any atom is 0.410 e. The minimum atomic E-state index is -1.14. The molecule has 2 N–H and O–H groups in total. The molecule has 0 spiro atoms. The van der Waals surface area contributed by atoms with E-state index in [-0.39, 0.29) is 44.0 Å². The van der Waals surface area contributed by atoms with Crippen molar-refractivity contribution in [3.63, 3.8) is 0 Å². The van der Waals surface area contributed by atoms with E-state index >= 15 is 0 Å². The monoisotopic (exact) mass is 578 g/mol. The van der Waals surface area contributed by atoms with Gasteiger partial charge in [-0.2, -0.15) is 0 Å². The quantitative estimate of drug-likeness (QED) is 0.501. The van der Waals surface area contributed by atoms with Gasteiger partial charge in [-0.1, -0.05) is 48.5 Å². The number of carboxylic acid groups (broad SMARTS) is 1. The number of ether oxygens (including phenoxy) is 2. The number of carbonyl (C=O) groups excluding carboxylic acids is 3. The van der Waals surface area contributed by atoms with Crippen molar-refractivity contribution in [3.05, 3.63) is 59.7 Å². The zero-order valence-electron chi connectivity index (χ0n) is 24.2. The van der Waals surface area contributed by atoms with Crippen molar-refractivity contribution in [2.24, 2.45) is 0 Å². The highest BCUT2D eigenvalue weighted by atomic mass is 16.6. The van der Waals surface area contributed by atoms with Crippen molar-refractivity contribution < 1.29 is 33.8 Å². The number of carboxylic acids is 1. The van der Waals surface area contributed by atoms with Crippen molar-refractivity contribution in [1.82, 2.24) is 20.0 Å². The summed E-state index contributed by atoms with van der Waals surface area (Å²) in [5, 5.41) is 12.7. The molecule has 2 heterocycles. The van der Waals surface area contributed by atoms with Gasteiger partial charge < -0.3 is 24.8 Å². The SMILES string of the molecule is CC(C)(C)OC(=O)CN1CCN(C(=O)N[C@@H]2C[C@@H](C(=O)O)N(C(=O)OCC3c4ccccc4-c4ccccc43)C2)CC1. The number of hydrogen-bond acceptors (Lipinski definition) is 7. The van der Waals surface area contributed by atoms with Crippen LogP contribution in [0.4, 0.5) is 9.59 Å². The standard InChI is InChI=1S/C31H38N4O7/c1-31(2,3)42-27(36)18-33-12-14-34(15-13-33)29(39)32-20-16-26(28(37)38)35(17-20)30(40)41-19-25-23-10-6-4-8-21(23)22-9-5-7-11-24(22)25/h4-11,20,25-26H,12-19H2,1-3H3,(H,32,39)(H,37,38)/t20-,26+/m1/s1. The number of hydrogen-bond donors (Lipinski definition) is 2. The average molecular weight is 579 g/mol. The van der Waals surface area contributed by atoms with Crippen LogP contribution < -0.4 is 5.32 Å². The van der Waals surface area contributed by atoms with Gasteiger partial charge in [0.05, 0.1) is 12.6 Å². The molecular weight excluding hydrogens is 540 g/mol. The number of fused-ring (bicyclic) bond motifs is 3. The van der Waals surface area contributed by atoms with E-state index in [9.17, 15) is 24.3 Å². The molecule has 0 radical (unpaired) electrons. The van der Waals surface area contributed by atoms with Crippen LogP contribution in [0.2, 0.25) is 0 Å². The number of esters is 1. The van der Waals surface area contributed by atoms with E-state index in [1.54, 1.807) is 4.90 Å². The van der Waals surface area contributed by atoms with Gasteiger partial charge in [-0.3, -0.25) is 14.6 Å². The third-order valence-corrected chi connectivity index (χ3v) is 7.92. The zero-order valence-corrected chi connectivity index (χ0v) is 24.2. The highest BCUT2D eigenvalue weighted by Crippen LogP contribution is 2.44. The van der Waals surface area contributed by atoms with Crippen LogP contribution in [-0.2, 0) is 19.1 Å². The Labute approximate surface area is 245 Å². The van der Waals surface area contributed by atoms with Gasteiger partial charge in [0.2, 0.25) is 0 Å². The lowest BCUT2D eigenvalue weighted by Crippen LogP contribution is -2.54. The van der Waals surface area contributed by atoms with Gasteiger partial charge in [0, 0.05) is 45.1 Å². The van der Waals surface area contributed by atoms with Gasteiger partial charge in [-0.25, -0.2) is 14.4 Å². The Morgan fingerprint density at radius 1 is 0.929 bits per heavy atom. The Morgan fingerprint density at radius 2 is 1.52 bits per heavy atom. The van der Waals surface area contributed by atoms with E-state index in [0.717, 1.165) is 22.3 Å². The topological polar surface area (TPSA) is 129 Å². The van der Waals surface area contributed by atoms with Gasteiger partial charge >= 0.3 is 24.1 Å². The zero-order chi connectivity index (χ0) is 30.0. The van der Waals surface area contributed by atoms with Crippen molar-refractivity contribution >= 4 is 24.1 Å². The molecule has 2 fully saturated rings. The molecule has 0 bridgehead atoms. The van der Waals surface area contributed by atoms with Crippen LogP contribution in [0.3, 0.4) is 0 Å². The molecule has 2 aliphatic heterocycles. The summed E-state index contributed by atoms with van der Waals surface area (Å²) in [6.45, 7) is 7.60. The van der Waals surface area contributed by atoms with Gasteiger partial charge in [0.15, 0.2) is 0 Å². The normalized spacial score (nSPS) is 20.5. The van der Waals surface area contributed by atoms with Crippen molar-refractivity contribution in [3.8, 4) is 11.1 Å². The molecule has 3 aliphatic rings.